The standard InChI is InChI=1S/C14H15ClN2O3/c1-14(4-5-14)12(18)16-9-2-3-11(10(15)8-9)17-6-7-20-13(17)19/h2-3,8H,4-7H2,1H3,(H,16,18). The highest BCUT2D eigenvalue weighted by atomic mass is 35.5. The Bertz CT molecular complexity index is 584. The highest BCUT2D eigenvalue weighted by Gasteiger charge is 2.44. The molecule has 3 rings (SSSR count). The van der Waals surface area contributed by atoms with Crippen molar-refractivity contribution in [1.82, 2.24) is 0 Å². The van der Waals surface area contributed by atoms with Gasteiger partial charge in [0.1, 0.15) is 6.61 Å². The highest BCUT2D eigenvalue weighted by molar-refractivity contribution is 6.34. The molecule has 106 valence electrons. The van der Waals surface area contributed by atoms with Crippen LogP contribution in [-0.2, 0) is 9.53 Å². The Balaban J connectivity index is 1.77. The van der Waals surface area contributed by atoms with Gasteiger partial charge in [-0.05, 0) is 31.0 Å². The first-order valence-electron chi connectivity index (χ1n) is 6.55. The van der Waals surface area contributed by atoms with Crippen LogP contribution in [0.5, 0.6) is 0 Å². The van der Waals surface area contributed by atoms with E-state index >= 15 is 0 Å². The zero-order chi connectivity index (χ0) is 14.3. The van der Waals surface area contributed by atoms with Crippen LogP contribution in [0.25, 0.3) is 0 Å². The number of rotatable bonds is 3. The lowest BCUT2D eigenvalue weighted by Crippen LogP contribution is -2.24. The van der Waals surface area contributed by atoms with Crippen LogP contribution in [0, 0.1) is 5.41 Å². The van der Waals surface area contributed by atoms with Crippen LogP contribution in [0.1, 0.15) is 19.8 Å². The van der Waals surface area contributed by atoms with Gasteiger partial charge < -0.3 is 10.1 Å². The van der Waals surface area contributed by atoms with E-state index in [-0.39, 0.29) is 11.3 Å². The van der Waals surface area contributed by atoms with E-state index in [4.69, 9.17) is 16.3 Å². The molecule has 1 N–H and O–H groups in total. The lowest BCUT2D eigenvalue weighted by Gasteiger charge is -2.16. The summed E-state index contributed by atoms with van der Waals surface area (Å²) in [5.41, 5.74) is 1.01. The van der Waals surface area contributed by atoms with Gasteiger partial charge in [0.2, 0.25) is 5.91 Å². The number of benzene rings is 1. The third-order valence-corrected chi connectivity index (χ3v) is 4.11. The van der Waals surface area contributed by atoms with Crippen molar-refractivity contribution in [2.45, 2.75) is 19.8 Å². The molecule has 20 heavy (non-hydrogen) atoms. The number of carbonyl (C=O) groups excluding carboxylic acids is 2. The predicted octanol–water partition coefficient (Wildman–Crippen LogP) is 3.04. The average Bonchev–Trinajstić information content (AvgIpc) is 3.02. The average molecular weight is 295 g/mol. The van der Waals surface area contributed by atoms with Crippen LogP contribution in [-0.4, -0.2) is 25.2 Å². The number of nitrogens with zero attached hydrogens (tertiary/aromatic N) is 1. The fourth-order valence-electron chi connectivity index (χ4n) is 2.11. The number of halogens is 1. The normalized spacial score (nSPS) is 19.7. The molecular formula is C14H15ClN2O3. The Hall–Kier alpha value is -1.75. The van der Waals surface area contributed by atoms with E-state index in [2.05, 4.69) is 5.32 Å². The molecule has 1 aliphatic heterocycles. The van der Waals surface area contributed by atoms with Gasteiger partial charge >= 0.3 is 6.09 Å². The molecule has 0 unspecified atom stereocenters. The summed E-state index contributed by atoms with van der Waals surface area (Å²) in [4.78, 5) is 24.9. The number of ether oxygens (including phenoxy) is 1. The quantitative estimate of drug-likeness (QED) is 0.932. The first kappa shape index (κ1) is 13.2. The molecule has 2 aliphatic rings. The van der Waals surface area contributed by atoms with Crippen molar-refractivity contribution in [1.29, 1.82) is 0 Å². The molecule has 2 fully saturated rings. The maximum Gasteiger partial charge on any atom is 0.414 e. The van der Waals surface area contributed by atoms with Gasteiger partial charge in [0, 0.05) is 11.1 Å². The Morgan fingerprint density at radius 1 is 1.45 bits per heavy atom. The number of hydrogen-bond acceptors (Lipinski definition) is 3. The molecule has 1 saturated heterocycles. The van der Waals surface area contributed by atoms with Gasteiger partial charge in [0.05, 0.1) is 17.3 Å². The number of nitrogens with one attached hydrogen (secondary N) is 1. The second-order valence-corrected chi connectivity index (χ2v) is 5.85. The van der Waals surface area contributed by atoms with Gasteiger partial charge in [0.25, 0.3) is 0 Å². The first-order chi connectivity index (χ1) is 9.49. The summed E-state index contributed by atoms with van der Waals surface area (Å²) in [7, 11) is 0. The summed E-state index contributed by atoms with van der Waals surface area (Å²) in [6, 6.07) is 5.13. The third-order valence-electron chi connectivity index (χ3n) is 3.81. The number of anilines is 2. The van der Waals surface area contributed by atoms with Crippen molar-refractivity contribution in [3.05, 3.63) is 23.2 Å². The summed E-state index contributed by atoms with van der Waals surface area (Å²) in [6.07, 6.45) is 1.45. The van der Waals surface area contributed by atoms with Crippen molar-refractivity contribution in [2.24, 2.45) is 5.41 Å². The van der Waals surface area contributed by atoms with E-state index < -0.39 is 6.09 Å². The molecule has 1 heterocycles. The molecule has 1 aromatic rings. The molecule has 5 nitrogen and oxygen atoms in total. The second kappa shape index (κ2) is 4.66. The van der Waals surface area contributed by atoms with Crippen LogP contribution in [0.4, 0.5) is 16.2 Å². The Labute approximate surface area is 121 Å². The Kier molecular flexibility index (Phi) is 3.09. The predicted molar refractivity (Wildman–Crippen MR) is 76.1 cm³/mol. The molecule has 1 aromatic carbocycles. The van der Waals surface area contributed by atoms with Gasteiger partial charge in [0.15, 0.2) is 0 Å². The largest absolute Gasteiger partial charge is 0.447 e. The SMILES string of the molecule is CC1(C(=O)Nc2ccc(N3CCOC3=O)c(Cl)c2)CC1. The van der Waals surface area contributed by atoms with Crippen molar-refractivity contribution in [2.75, 3.05) is 23.4 Å². The zero-order valence-corrected chi connectivity index (χ0v) is 11.9. The summed E-state index contributed by atoms with van der Waals surface area (Å²) < 4.78 is 4.88. The minimum atomic E-state index is -0.394. The lowest BCUT2D eigenvalue weighted by molar-refractivity contribution is -0.120. The second-order valence-electron chi connectivity index (χ2n) is 5.45. The van der Waals surface area contributed by atoms with Gasteiger partial charge in [-0.15, -0.1) is 0 Å². The molecule has 6 heteroatoms. The molecule has 0 radical (unpaired) electrons. The maximum atomic E-state index is 12.0. The van der Waals surface area contributed by atoms with Gasteiger partial charge in [-0.25, -0.2) is 4.79 Å². The fraction of sp³-hybridized carbons (Fsp3) is 0.429. The van der Waals surface area contributed by atoms with E-state index in [0.717, 1.165) is 12.8 Å². The summed E-state index contributed by atoms with van der Waals surface area (Å²) in [6.45, 7) is 2.80. The summed E-state index contributed by atoms with van der Waals surface area (Å²) in [5, 5.41) is 3.28. The number of carbonyl (C=O) groups is 2. The van der Waals surface area contributed by atoms with E-state index in [1.54, 1.807) is 18.2 Å². The molecule has 0 spiro atoms. The third kappa shape index (κ3) is 2.33. The Morgan fingerprint density at radius 2 is 2.20 bits per heavy atom. The summed E-state index contributed by atoms with van der Waals surface area (Å²) in [5.74, 6) is 0.0156. The fourth-order valence-corrected chi connectivity index (χ4v) is 2.39. The number of cyclic esters (lactones) is 1. The van der Waals surface area contributed by atoms with Crippen LogP contribution in [0.3, 0.4) is 0 Å². The van der Waals surface area contributed by atoms with E-state index in [0.29, 0.717) is 29.5 Å². The number of amides is 2. The van der Waals surface area contributed by atoms with Crippen molar-refractivity contribution in [3.63, 3.8) is 0 Å². The molecule has 0 atom stereocenters. The van der Waals surface area contributed by atoms with E-state index in [1.165, 1.54) is 4.90 Å². The van der Waals surface area contributed by atoms with Crippen LogP contribution >= 0.6 is 11.6 Å². The van der Waals surface area contributed by atoms with Gasteiger partial charge in [-0.2, -0.15) is 0 Å². The van der Waals surface area contributed by atoms with Gasteiger partial charge in [-0.3, -0.25) is 9.69 Å². The molecule has 0 aromatic heterocycles. The molecular weight excluding hydrogens is 280 g/mol. The van der Waals surface area contributed by atoms with E-state index in [9.17, 15) is 9.59 Å². The monoisotopic (exact) mass is 294 g/mol. The molecule has 0 bridgehead atoms. The van der Waals surface area contributed by atoms with E-state index in [1.807, 2.05) is 6.92 Å². The maximum absolute atomic E-state index is 12.0. The van der Waals surface area contributed by atoms with Crippen LogP contribution in [0.2, 0.25) is 5.02 Å². The molecule has 2 amide bonds. The molecule has 1 saturated carbocycles. The lowest BCUT2D eigenvalue weighted by atomic mass is 10.1. The van der Waals surface area contributed by atoms with Crippen LogP contribution < -0.4 is 10.2 Å². The van der Waals surface area contributed by atoms with Crippen molar-refractivity contribution < 1.29 is 14.3 Å². The minimum absolute atomic E-state index is 0.0156. The minimum Gasteiger partial charge on any atom is -0.447 e. The topological polar surface area (TPSA) is 58.6 Å². The van der Waals surface area contributed by atoms with Gasteiger partial charge in [-0.1, -0.05) is 18.5 Å². The van der Waals surface area contributed by atoms with Crippen LogP contribution in [0.15, 0.2) is 18.2 Å². The first-order valence-corrected chi connectivity index (χ1v) is 6.93. The molecule has 1 aliphatic carbocycles. The summed E-state index contributed by atoms with van der Waals surface area (Å²) >= 11 is 6.19. The van der Waals surface area contributed by atoms with Crippen molar-refractivity contribution >= 4 is 35.0 Å². The van der Waals surface area contributed by atoms with Crippen molar-refractivity contribution in [3.8, 4) is 0 Å². The highest BCUT2D eigenvalue weighted by Crippen LogP contribution is 2.46. The zero-order valence-electron chi connectivity index (χ0n) is 11.1. The smallest absolute Gasteiger partial charge is 0.414 e. The Morgan fingerprint density at radius 3 is 2.75 bits per heavy atom. The number of hydrogen-bond donors (Lipinski definition) is 1.